The van der Waals surface area contributed by atoms with E-state index in [1.54, 1.807) is 11.8 Å². The summed E-state index contributed by atoms with van der Waals surface area (Å²) in [4.78, 5) is 12.0. The van der Waals surface area contributed by atoms with E-state index < -0.39 is 0 Å². The number of amides is 1. The van der Waals surface area contributed by atoms with Crippen LogP contribution in [0.2, 0.25) is 5.02 Å². The molecular formula is C17H18ClNOS. The second-order valence-corrected chi connectivity index (χ2v) is 6.36. The van der Waals surface area contributed by atoms with Crippen LogP contribution in [0, 0.1) is 13.8 Å². The van der Waals surface area contributed by atoms with E-state index >= 15 is 0 Å². The number of aryl methyl sites for hydroxylation is 2. The van der Waals surface area contributed by atoms with Gasteiger partial charge in [0.15, 0.2) is 0 Å². The van der Waals surface area contributed by atoms with Crippen LogP contribution >= 0.6 is 23.4 Å². The Morgan fingerprint density at radius 2 is 1.81 bits per heavy atom. The molecule has 2 aromatic carbocycles. The molecule has 0 aliphatic carbocycles. The standard InChI is InChI=1S/C17H18ClNOS/c1-12-5-3-6-13(2)17(12)19-16(20)11-21-10-14-7-4-8-15(18)9-14/h3-9H,10-11H2,1-2H3,(H,19,20). The molecule has 21 heavy (non-hydrogen) atoms. The first kappa shape index (κ1) is 15.9. The molecule has 0 heterocycles. The Morgan fingerprint density at radius 1 is 1.14 bits per heavy atom. The predicted octanol–water partition coefficient (Wildman–Crippen LogP) is 4.83. The average Bonchev–Trinajstić information content (AvgIpc) is 2.43. The second kappa shape index (κ2) is 7.53. The summed E-state index contributed by atoms with van der Waals surface area (Å²) < 4.78 is 0. The Kier molecular flexibility index (Phi) is 5.71. The van der Waals surface area contributed by atoms with Gasteiger partial charge in [-0.25, -0.2) is 0 Å². The molecule has 0 spiro atoms. The number of hydrogen-bond acceptors (Lipinski definition) is 2. The van der Waals surface area contributed by atoms with Gasteiger partial charge in [0.2, 0.25) is 5.91 Å². The number of carbonyl (C=O) groups is 1. The van der Waals surface area contributed by atoms with Crippen LogP contribution < -0.4 is 5.32 Å². The summed E-state index contributed by atoms with van der Waals surface area (Å²) >= 11 is 7.52. The SMILES string of the molecule is Cc1cccc(C)c1NC(=O)CSCc1cccc(Cl)c1. The van der Waals surface area contributed by atoms with Gasteiger partial charge in [0.05, 0.1) is 5.75 Å². The smallest absolute Gasteiger partial charge is 0.234 e. The van der Waals surface area contributed by atoms with E-state index in [1.165, 1.54) is 0 Å². The van der Waals surface area contributed by atoms with Crippen molar-refractivity contribution in [2.45, 2.75) is 19.6 Å². The fraction of sp³-hybridized carbons (Fsp3) is 0.235. The molecule has 1 N–H and O–H groups in total. The molecule has 2 rings (SSSR count). The summed E-state index contributed by atoms with van der Waals surface area (Å²) in [7, 11) is 0. The van der Waals surface area contributed by atoms with Gasteiger partial charge in [-0.2, -0.15) is 0 Å². The van der Waals surface area contributed by atoms with Crippen molar-refractivity contribution in [1.29, 1.82) is 0 Å². The topological polar surface area (TPSA) is 29.1 Å². The van der Waals surface area contributed by atoms with E-state index in [9.17, 15) is 4.79 Å². The number of para-hydroxylation sites is 1. The summed E-state index contributed by atoms with van der Waals surface area (Å²) in [6.07, 6.45) is 0. The van der Waals surface area contributed by atoms with Gasteiger partial charge in [-0.1, -0.05) is 41.9 Å². The maximum Gasteiger partial charge on any atom is 0.234 e. The zero-order chi connectivity index (χ0) is 15.2. The minimum absolute atomic E-state index is 0.0272. The van der Waals surface area contributed by atoms with E-state index in [2.05, 4.69) is 5.32 Å². The Bertz CT molecular complexity index is 622. The number of benzene rings is 2. The van der Waals surface area contributed by atoms with Gasteiger partial charge in [0, 0.05) is 16.5 Å². The van der Waals surface area contributed by atoms with Crippen LogP contribution in [0.25, 0.3) is 0 Å². The van der Waals surface area contributed by atoms with Gasteiger partial charge in [0.25, 0.3) is 0 Å². The minimum Gasteiger partial charge on any atom is -0.325 e. The summed E-state index contributed by atoms with van der Waals surface area (Å²) in [5.74, 6) is 1.24. The molecule has 0 aliphatic rings. The zero-order valence-electron chi connectivity index (χ0n) is 12.2. The zero-order valence-corrected chi connectivity index (χ0v) is 13.7. The molecule has 0 saturated carbocycles. The van der Waals surface area contributed by atoms with Crippen LogP contribution in [0.3, 0.4) is 0 Å². The molecule has 2 nitrogen and oxygen atoms in total. The number of thioether (sulfide) groups is 1. The highest BCUT2D eigenvalue weighted by atomic mass is 35.5. The van der Waals surface area contributed by atoms with E-state index in [0.29, 0.717) is 5.75 Å². The van der Waals surface area contributed by atoms with Gasteiger partial charge < -0.3 is 5.32 Å². The largest absolute Gasteiger partial charge is 0.325 e. The molecule has 1 amide bonds. The maximum absolute atomic E-state index is 12.0. The van der Waals surface area contributed by atoms with Crippen molar-refractivity contribution >= 4 is 35.0 Å². The number of rotatable bonds is 5. The molecule has 0 radical (unpaired) electrons. The van der Waals surface area contributed by atoms with Gasteiger partial charge in [-0.15, -0.1) is 11.8 Å². The number of carbonyl (C=O) groups excluding carboxylic acids is 1. The maximum atomic E-state index is 12.0. The van der Waals surface area contributed by atoms with Crippen LogP contribution in [-0.4, -0.2) is 11.7 Å². The van der Waals surface area contributed by atoms with Crippen molar-refractivity contribution in [2.24, 2.45) is 0 Å². The Balaban J connectivity index is 1.85. The lowest BCUT2D eigenvalue weighted by atomic mass is 10.1. The van der Waals surface area contributed by atoms with Crippen LogP contribution in [-0.2, 0) is 10.5 Å². The highest BCUT2D eigenvalue weighted by molar-refractivity contribution is 7.99. The third-order valence-corrected chi connectivity index (χ3v) is 4.38. The normalized spacial score (nSPS) is 10.4. The average molecular weight is 320 g/mol. The molecule has 0 atom stereocenters. The number of nitrogens with one attached hydrogen (secondary N) is 1. The number of hydrogen-bond donors (Lipinski definition) is 1. The second-order valence-electron chi connectivity index (χ2n) is 4.94. The minimum atomic E-state index is 0.0272. The molecule has 0 unspecified atom stereocenters. The van der Waals surface area contributed by atoms with E-state index in [0.717, 1.165) is 33.2 Å². The highest BCUT2D eigenvalue weighted by Gasteiger charge is 2.07. The predicted molar refractivity (Wildman–Crippen MR) is 92.2 cm³/mol. The van der Waals surface area contributed by atoms with Crippen LogP contribution in [0.15, 0.2) is 42.5 Å². The summed E-state index contributed by atoms with van der Waals surface area (Å²) in [6.45, 7) is 4.00. The molecule has 0 aliphatic heterocycles. The summed E-state index contributed by atoms with van der Waals surface area (Å²) in [6, 6.07) is 13.7. The molecule has 110 valence electrons. The van der Waals surface area contributed by atoms with E-state index in [-0.39, 0.29) is 5.91 Å². The molecule has 0 bridgehead atoms. The van der Waals surface area contributed by atoms with Crippen LogP contribution in [0.4, 0.5) is 5.69 Å². The first-order chi connectivity index (χ1) is 10.1. The lowest BCUT2D eigenvalue weighted by molar-refractivity contribution is -0.113. The summed E-state index contributed by atoms with van der Waals surface area (Å²) in [5, 5.41) is 3.72. The van der Waals surface area contributed by atoms with Gasteiger partial charge in [-0.05, 0) is 42.7 Å². The number of halogens is 1. The molecule has 4 heteroatoms. The van der Waals surface area contributed by atoms with Gasteiger partial charge in [0.1, 0.15) is 0 Å². The number of anilines is 1. The molecule has 2 aromatic rings. The molecular weight excluding hydrogens is 302 g/mol. The lowest BCUT2D eigenvalue weighted by Crippen LogP contribution is -2.15. The Labute approximate surface area is 134 Å². The Morgan fingerprint density at radius 3 is 2.48 bits per heavy atom. The highest BCUT2D eigenvalue weighted by Crippen LogP contribution is 2.20. The molecule has 0 fully saturated rings. The van der Waals surface area contributed by atoms with Crippen LogP contribution in [0.1, 0.15) is 16.7 Å². The van der Waals surface area contributed by atoms with Crippen molar-refractivity contribution in [2.75, 3.05) is 11.1 Å². The van der Waals surface area contributed by atoms with Crippen LogP contribution in [0.5, 0.6) is 0 Å². The third kappa shape index (κ3) is 4.80. The van der Waals surface area contributed by atoms with Gasteiger partial charge >= 0.3 is 0 Å². The van der Waals surface area contributed by atoms with Crippen molar-refractivity contribution in [1.82, 2.24) is 0 Å². The fourth-order valence-electron chi connectivity index (χ4n) is 2.08. The van der Waals surface area contributed by atoms with Crippen molar-refractivity contribution in [3.63, 3.8) is 0 Å². The van der Waals surface area contributed by atoms with Crippen molar-refractivity contribution < 1.29 is 4.79 Å². The third-order valence-electron chi connectivity index (χ3n) is 3.14. The van der Waals surface area contributed by atoms with E-state index in [4.69, 9.17) is 11.6 Å². The fourth-order valence-corrected chi connectivity index (χ4v) is 3.06. The molecule has 0 aromatic heterocycles. The van der Waals surface area contributed by atoms with Crippen molar-refractivity contribution in [3.8, 4) is 0 Å². The van der Waals surface area contributed by atoms with Crippen molar-refractivity contribution in [3.05, 3.63) is 64.2 Å². The molecule has 0 saturated heterocycles. The van der Waals surface area contributed by atoms with E-state index in [1.807, 2.05) is 56.3 Å². The first-order valence-corrected chi connectivity index (χ1v) is 8.28. The lowest BCUT2D eigenvalue weighted by Gasteiger charge is -2.11. The quantitative estimate of drug-likeness (QED) is 0.855. The Hall–Kier alpha value is -1.45. The van der Waals surface area contributed by atoms with Gasteiger partial charge in [-0.3, -0.25) is 4.79 Å². The monoisotopic (exact) mass is 319 g/mol. The first-order valence-electron chi connectivity index (χ1n) is 6.74. The summed E-state index contributed by atoms with van der Waals surface area (Å²) in [5.41, 5.74) is 4.23.